The summed E-state index contributed by atoms with van der Waals surface area (Å²) < 4.78 is 17.2. The minimum atomic E-state index is -0.642. The van der Waals surface area contributed by atoms with Crippen LogP contribution in [0.25, 0.3) is 54.7 Å². The molecular weight excluding hydrogens is 390 g/mol. The zero-order chi connectivity index (χ0) is 22.9. The molecule has 6 rings (SSSR count). The van der Waals surface area contributed by atoms with E-state index in [4.69, 9.17) is 5.79 Å². The Kier molecular flexibility index (Phi) is 3.89. The second-order valence-corrected chi connectivity index (χ2v) is 8.93. The molecule has 0 aliphatic carbocycles. The van der Waals surface area contributed by atoms with E-state index in [-0.39, 0.29) is 0 Å². The van der Waals surface area contributed by atoms with Crippen molar-refractivity contribution in [2.24, 2.45) is 7.05 Å². The fourth-order valence-electron chi connectivity index (χ4n) is 5.10. The van der Waals surface area contributed by atoms with E-state index in [9.17, 15) is 0 Å². The van der Waals surface area contributed by atoms with Crippen LogP contribution in [0.2, 0.25) is 0 Å². The molecule has 2 heterocycles. The smallest absolute Gasteiger partial charge is 0.224 e. The van der Waals surface area contributed by atoms with Gasteiger partial charge in [-0.2, -0.15) is 0 Å². The maximum atomic E-state index is 8.48. The molecule has 0 unspecified atom stereocenters. The number of hydrogen-bond donors (Lipinski definition) is 0. The van der Waals surface area contributed by atoms with E-state index >= 15 is 0 Å². The summed E-state index contributed by atoms with van der Waals surface area (Å²) in [5.41, 5.74) is 6.33. The van der Waals surface area contributed by atoms with Gasteiger partial charge in [0.1, 0.15) is 18.2 Å². The highest BCUT2D eigenvalue weighted by molar-refractivity contribution is 6.24. The van der Waals surface area contributed by atoms with Crippen molar-refractivity contribution in [3.63, 3.8) is 0 Å². The zero-order valence-corrected chi connectivity index (χ0v) is 18.9. The summed E-state index contributed by atoms with van der Waals surface area (Å²) in [6.07, 6.45) is 2.11. The van der Waals surface area contributed by atoms with Crippen LogP contribution < -0.4 is 4.57 Å². The Hall–Kier alpha value is -3.65. The van der Waals surface area contributed by atoms with Crippen LogP contribution in [0.1, 0.15) is 32.2 Å². The Morgan fingerprint density at radius 2 is 1.56 bits per heavy atom. The Morgan fingerprint density at radius 1 is 0.844 bits per heavy atom. The molecule has 0 fully saturated rings. The number of hydrogen-bond acceptors (Lipinski definition) is 1. The first-order valence-electron chi connectivity index (χ1n) is 11.6. The van der Waals surface area contributed by atoms with Gasteiger partial charge in [-0.25, -0.2) is 4.57 Å². The van der Waals surface area contributed by atoms with Crippen molar-refractivity contribution in [3.05, 3.63) is 90.1 Å². The van der Waals surface area contributed by atoms with E-state index in [1.165, 1.54) is 21.7 Å². The number of furan rings is 1. The van der Waals surface area contributed by atoms with Crippen LogP contribution in [0.4, 0.5) is 0 Å². The SMILES string of the molecule is [2H]C(C)(C)c1ccc2c(-c3c(C)c4ccccc4c4c3oc3ccccc34)[n+](C)ccc2c1. The van der Waals surface area contributed by atoms with Gasteiger partial charge in [-0.1, -0.05) is 68.4 Å². The number of pyridine rings is 1. The number of nitrogens with zero attached hydrogens (tertiary/aromatic N) is 1. The first kappa shape index (κ1) is 18.0. The largest absolute Gasteiger partial charge is 0.455 e. The summed E-state index contributed by atoms with van der Waals surface area (Å²) >= 11 is 0. The van der Waals surface area contributed by atoms with E-state index in [2.05, 4.69) is 91.5 Å². The van der Waals surface area contributed by atoms with Crippen LogP contribution in [0.5, 0.6) is 0 Å². The average Bonchev–Trinajstić information content (AvgIpc) is 3.19. The molecule has 0 amide bonds. The molecule has 0 atom stereocenters. The summed E-state index contributed by atoms with van der Waals surface area (Å²) in [5, 5.41) is 7.08. The van der Waals surface area contributed by atoms with Gasteiger partial charge in [0.25, 0.3) is 0 Å². The van der Waals surface area contributed by atoms with Crippen LogP contribution in [0, 0.1) is 6.92 Å². The molecular formula is C30H26NO+. The quantitative estimate of drug-likeness (QED) is 0.263. The van der Waals surface area contributed by atoms with Crippen molar-refractivity contribution in [1.82, 2.24) is 0 Å². The Bertz CT molecular complexity index is 1720. The van der Waals surface area contributed by atoms with Gasteiger partial charge < -0.3 is 4.42 Å². The van der Waals surface area contributed by atoms with Crippen molar-refractivity contribution < 1.29 is 10.4 Å². The standard InChI is InChI=1S/C30H26NO/c1-18(2)20-13-14-23-21(17-20)15-16-31(4)29(23)27-19(3)22-9-5-6-10-24(22)28-25-11-7-8-12-26(25)32-30(27)28/h5-18H,1-4H3/q+1/i18D. The Morgan fingerprint density at radius 3 is 2.34 bits per heavy atom. The maximum Gasteiger partial charge on any atom is 0.224 e. The predicted molar refractivity (Wildman–Crippen MR) is 134 cm³/mol. The number of benzene rings is 4. The van der Waals surface area contributed by atoms with Gasteiger partial charge in [0.2, 0.25) is 5.69 Å². The summed E-state index contributed by atoms with van der Waals surface area (Å²) in [6, 6.07) is 25.5. The molecule has 4 aromatic carbocycles. The fourth-order valence-corrected chi connectivity index (χ4v) is 5.10. The molecule has 6 aromatic rings. The van der Waals surface area contributed by atoms with Crippen molar-refractivity contribution in [3.8, 4) is 11.3 Å². The third kappa shape index (κ3) is 2.62. The molecule has 2 aromatic heterocycles. The van der Waals surface area contributed by atoms with Crippen molar-refractivity contribution >= 4 is 43.5 Å². The lowest BCUT2D eigenvalue weighted by Crippen LogP contribution is -2.30. The molecule has 2 nitrogen and oxygen atoms in total. The van der Waals surface area contributed by atoms with Gasteiger partial charge in [0.15, 0.2) is 6.20 Å². The number of fused-ring (bicyclic) bond motifs is 6. The summed E-state index contributed by atoms with van der Waals surface area (Å²) in [5.74, 6) is -0.642. The first-order valence-corrected chi connectivity index (χ1v) is 11.1. The molecule has 0 radical (unpaired) electrons. The van der Waals surface area contributed by atoms with Gasteiger partial charge in [0, 0.05) is 18.2 Å². The van der Waals surface area contributed by atoms with Crippen LogP contribution in [-0.4, -0.2) is 0 Å². The molecule has 32 heavy (non-hydrogen) atoms. The lowest BCUT2D eigenvalue weighted by Gasteiger charge is -2.13. The predicted octanol–water partition coefficient (Wildman–Crippen LogP) is 7.82. The minimum absolute atomic E-state index is 0.642. The van der Waals surface area contributed by atoms with Crippen molar-refractivity contribution in [2.75, 3.05) is 0 Å². The molecule has 2 heteroatoms. The monoisotopic (exact) mass is 417 g/mol. The van der Waals surface area contributed by atoms with Gasteiger partial charge in [-0.3, -0.25) is 0 Å². The topological polar surface area (TPSA) is 17.0 Å². The maximum absolute atomic E-state index is 8.48. The van der Waals surface area contributed by atoms with Crippen LogP contribution in [0.15, 0.2) is 83.4 Å². The lowest BCUT2D eigenvalue weighted by atomic mass is 9.91. The summed E-state index contributed by atoms with van der Waals surface area (Å²) in [7, 11) is 2.10. The Labute approximate surface area is 189 Å². The van der Waals surface area contributed by atoms with E-state index in [0.29, 0.717) is 0 Å². The number of aromatic nitrogens is 1. The van der Waals surface area contributed by atoms with Crippen LogP contribution in [0.3, 0.4) is 0 Å². The van der Waals surface area contributed by atoms with Gasteiger partial charge in [-0.15, -0.1) is 0 Å². The number of rotatable bonds is 2. The highest BCUT2D eigenvalue weighted by atomic mass is 16.3. The van der Waals surface area contributed by atoms with E-state index in [1.807, 2.05) is 19.9 Å². The number of para-hydroxylation sites is 1. The second-order valence-electron chi connectivity index (χ2n) is 8.93. The summed E-state index contributed by atoms with van der Waals surface area (Å²) in [4.78, 5) is 0. The molecule has 0 spiro atoms. The third-order valence-corrected chi connectivity index (χ3v) is 6.75. The van der Waals surface area contributed by atoms with Crippen molar-refractivity contribution in [2.45, 2.75) is 26.7 Å². The second kappa shape index (κ2) is 6.93. The molecule has 0 bridgehead atoms. The zero-order valence-electron chi connectivity index (χ0n) is 19.9. The van der Waals surface area contributed by atoms with Crippen LogP contribution >= 0.6 is 0 Å². The van der Waals surface area contributed by atoms with Crippen molar-refractivity contribution in [1.29, 1.82) is 0 Å². The van der Waals surface area contributed by atoms with Gasteiger partial charge >= 0.3 is 0 Å². The van der Waals surface area contributed by atoms with E-state index in [1.54, 1.807) is 0 Å². The normalized spacial score (nSPS) is 12.8. The molecule has 0 N–H and O–H groups in total. The molecule has 0 aliphatic heterocycles. The molecule has 0 saturated carbocycles. The van der Waals surface area contributed by atoms with E-state index in [0.717, 1.165) is 44.1 Å². The highest BCUT2D eigenvalue weighted by Gasteiger charge is 2.26. The highest BCUT2D eigenvalue weighted by Crippen LogP contribution is 2.44. The molecule has 156 valence electrons. The molecule has 0 saturated heterocycles. The van der Waals surface area contributed by atoms with Gasteiger partial charge in [0.05, 0.1) is 10.9 Å². The van der Waals surface area contributed by atoms with Gasteiger partial charge in [-0.05, 0) is 52.2 Å². The first-order chi connectivity index (χ1) is 15.8. The van der Waals surface area contributed by atoms with E-state index < -0.39 is 5.89 Å². The third-order valence-electron chi connectivity index (χ3n) is 6.75. The summed E-state index contributed by atoms with van der Waals surface area (Å²) in [6.45, 7) is 6.07. The lowest BCUT2D eigenvalue weighted by molar-refractivity contribution is -0.659. The number of aryl methyl sites for hydroxylation is 2. The average molecular weight is 418 g/mol. The fraction of sp³-hybridized carbons (Fsp3) is 0.167. The molecule has 0 aliphatic rings. The van der Waals surface area contributed by atoms with Crippen LogP contribution in [-0.2, 0) is 7.05 Å². The Balaban J connectivity index is 1.82. The minimum Gasteiger partial charge on any atom is -0.455 e.